The lowest BCUT2D eigenvalue weighted by Gasteiger charge is -2.11. The molecule has 0 radical (unpaired) electrons. The lowest BCUT2D eigenvalue weighted by molar-refractivity contribution is 0.102. The van der Waals surface area contributed by atoms with Gasteiger partial charge in [-0.05, 0) is 32.0 Å². The van der Waals surface area contributed by atoms with E-state index < -0.39 is 0 Å². The largest absolute Gasteiger partial charge is 0.323 e. The molecule has 0 fully saturated rings. The predicted molar refractivity (Wildman–Crippen MR) is 73.7 cm³/mol. The molecule has 0 spiro atoms. The number of aryl methyl sites for hydroxylation is 2. The lowest BCUT2D eigenvalue weighted by Crippen LogP contribution is -2.18. The first kappa shape index (κ1) is 13.0. The Balaban J connectivity index is 2.28. The minimum Gasteiger partial charge on any atom is -0.323 e. The Kier molecular flexibility index (Phi) is 3.72. The number of nitrogens with zero attached hydrogens (tertiary/aromatic N) is 2. The van der Waals surface area contributed by atoms with Crippen molar-refractivity contribution in [3.63, 3.8) is 0 Å². The van der Waals surface area contributed by atoms with Gasteiger partial charge < -0.3 is 10.7 Å². The summed E-state index contributed by atoms with van der Waals surface area (Å²) in [6, 6.07) is 5.26. The summed E-state index contributed by atoms with van der Waals surface area (Å²) in [7, 11) is 0. The van der Waals surface area contributed by atoms with Gasteiger partial charge in [0.25, 0.3) is 5.91 Å². The molecule has 2 aromatic heterocycles. The molecule has 0 saturated heterocycles. The van der Waals surface area contributed by atoms with E-state index in [0.29, 0.717) is 16.9 Å². The number of rotatable bonds is 3. The maximum Gasteiger partial charge on any atom is 0.259 e. The van der Waals surface area contributed by atoms with Crippen LogP contribution in [0.5, 0.6) is 0 Å². The molecule has 1 amide bonds. The van der Waals surface area contributed by atoms with Crippen molar-refractivity contribution in [1.29, 1.82) is 0 Å². The fourth-order valence-corrected chi connectivity index (χ4v) is 1.67. The zero-order valence-electron chi connectivity index (χ0n) is 10.8. The average molecular weight is 257 g/mol. The zero-order valence-corrected chi connectivity index (χ0v) is 10.8. The summed E-state index contributed by atoms with van der Waals surface area (Å²) in [4.78, 5) is 20.4. The quantitative estimate of drug-likeness (QED) is 0.574. The number of amides is 1. The van der Waals surface area contributed by atoms with Crippen LogP contribution < -0.4 is 16.6 Å². The second-order valence-electron chi connectivity index (χ2n) is 4.11. The Morgan fingerprint density at radius 2 is 2.05 bits per heavy atom. The van der Waals surface area contributed by atoms with E-state index in [1.165, 1.54) is 6.20 Å². The van der Waals surface area contributed by atoms with Crippen molar-refractivity contribution in [3.05, 3.63) is 47.5 Å². The van der Waals surface area contributed by atoms with E-state index in [1.54, 1.807) is 24.4 Å². The van der Waals surface area contributed by atoms with Gasteiger partial charge >= 0.3 is 0 Å². The SMILES string of the molecule is Cc1cc(NN)c(C(=O)Nc2cccnc2C)cn1. The van der Waals surface area contributed by atoms with Crippen LogP contribution in [0.2, 0.25) is 0 Å². The molecule has 0 saturated carbocycles. The fraction of sp³-hybridized carbons (Fsp3) is 0.154. The van der Waals surface area contributed by atoms with E-state index in [2.05, 4.69) is 20.7 Å². The Morgan fingerprint density at radius 3 is 2.74 bits per heavy atom. The van der Waals surface area contributed by atoms with Crippen LogP contribution in [0, 0.1) is 13.8 Å². The molecule has 6 nitrogen and oxygen atoms in total. The molecule has 19 heavy (non-hydrogen) atoms. The standard InChI is InChI=1S/C13H15N5O/c1-8-6-12(18-14)10(7-16-8)13(19)17-11-4-3-5-15-9(11)2/h3-7H,14H2,1-2H3,(H,16,18)(H,17,19). The van der Waals surface area contributed by atoms with Gasteiger partial charge in [0.1, 0.15) is 0 Å². The van der Waals surface area contributed by atoms with Crippen molar-refractivity contribution in [2.45, 2.75) is 13.8 Å². The number of hydrogen-bond donors (Lipinski definition) is 3. The minimum absolute atomic E-state index is 0.281. The van der Waals surface area contributed by atoms with Gasteiger partial charge in [-0.3, -0.25) is 20.6 Å². The molecule has 6 heteroatoms. The highest BCUT2D eigenvalue weighted by Gasteiger charge is 2.13. The Hall–Kier alpha value is -2.47. The number of hydrogen-bond acceptors (Lipinski definition) is 5. The fourth-order valence-electron chi connectivity index (χ4n) is 1.67. The molecule has 0 aliphatic rings. The van der Waals surface area contributed by atoms with E-state index in [4.69, 9.17) is 5.84 Å². The second kappa shape index (κ2) is 5.45. The first-order valence-corrected chi connectivity index (χ1v) is 5.78. The summed E-state index contributed by atoms with van der Waals surface area (Å²) in [6.07, 6.45) is 3.16. The number of nitrogen functional groups attached to an aromatic ring is 1. The molecule has 2 rings (SSSR count). The van der Waals surface area contributed by atoms with Crippen LogP contribution in [0.3, 0.4) is 0 Å². The molecule has 0 aromatic carbocycles. The molecule has 2 aromatic rings. The summed E-state index contributed by atoms with van der Waals surface area (Å²) < 4.78 is 0. The van der Waals surface area contributed by atoms with Crippen LogP contribution in [0.25, 0.3) is 0 Å². The summed E-state index contributed by atoms with van der Waals surface area (Å²) in [5, 5.41) is 2.78. The highest BCUT2D eigenvalue weighted by Crippen LogP contribution is 2.17. The Bertz CT molecular complexity index is 612. The number of nitrogens with one attached hydrogen (secondary N) is 2. The molecule has 0 unspecified atom stereocenters. The van der Waals surface area contributed by atoms with Crippen LogP contribution in [0.4, 0.5) is 11.4 Å². The third-order valence-electron chi connectivity index (χ3n) is 2.70. The number of pyridine rings is 2. The molecule has 4 N–H and O–H groups in total. The molecule has 0 aliphatic heterocycles. The van der Waals surface area contributed by atoms with Gasteiger partial charge in [0, 0.05) is 18.1 Å². The maximum atomic E-state index is 12.2. The van der Waals surface area contributed by atoms with E-state index in [1.807, 2.05) is 13.8 Å². The molecular formula is C13H15N5O. The van der Waals surface area contributed by atoms with Crippen LogP contribution in [0.1, 0.15) is 21.7 Å². The number of carbonyl (C=O) groups is 1. The van der Waals surface area contributed by atoms with Gasteiger partial charge in [0.15, 0.2) is 0 Å². The number of aromatic nitrogens is 2. The topological polar surface area (TPSA) is 92.9 Å². The van der Waals surface area contributed by atoms with E-state index in [0.717, 1.165) is 11.4 Å². The van der Waals surface area contributed by atoms with Crippen LogP contribution in [-0.2, 0) is 0 Å². The first-order valence-electron chi connectivity index (χ1n) is 5.78. The molecule has 0 bridgehead atoms. The summed E-state index contributed by atoms with van der Waals surface area (Å²) in [5.74, 6) is 5.13. The zero-order chi connectivity index (χ0) is 13.8. The van der Waals surface area contributed by atoms with Crippen molar-refractivity contribution < 1.29 is 4.79 Å². The highest BCUT2D eigenvalue weighted by molar-refractivity contribution is 6.08. The minimum atomic E-state index is -0.281. The van der Waals surface area contributed by atoms with Crippen LogP contribution >= 0.6 is 0 Å². The lowest BCUT2D eigenvalue weighted by atomic mass is 10.2. The van der Waals surface area contributed by atoms with E-state index >= 15 is 0 Å². The molecule has 2 heterocycles. The van der Waals surface area contributed by atoms with Crippen molar-refractivity contribution in [1.82, 2.24) is 9.97 Å². The monoisotopic (exact) mass is 257 g/mol. The molecule has 0 aliphatic carbocycles. The Labute approximate surface area is 111 Å². The van der Waals surface area contributed by atoms with Gasteiger partial charge in [0.2, 0.25) is 0 Å². The maximum absolute atomic E-state index is 12.2. The van der Waals surface area contributed by atoms with E-state index in [9.17, 15) is 4.79 Å². The predicted octanol–water partition coefficient (Wildman–Crippen LogP) is 1.63. The third kappa shape index (κ3) is 2.86. The number of carbonyl (C=O) groups excluding carboxylic acids is 1. The highest BCUT2D eigenvalue weighted by atomic mass is 16.1. The van der Waals surface area contributed by atoms with Gasteiger partial charge in [-0.15, -0.1) is 0 Å². The average Bonchev–Trinajstić information content (AvgIpc) is 2.41. The van der Waals surface area contributed by atoms with Crippen molar-refractivity contribution in [2.75, 3.05) is 10.7 Å². The second-order valence-corrected chi connectivity index (χ2v) is 4.11. The van der Waals surface area contributed by atoms with Crippen LogP contribution in [0.15, 0.2) is 30.6 Å². The summed E-state index contributed by atoms with van der Waals surface area (Å²) in [6.45, 7) is 3.65. The van der Waals surface area contributed by atoms with Gasteiger partial charge in [-0.1, -0.05) is 0 Å². The first-order chi connectivity index (χ1) is 9.11. The number of nitrogens with two attached hydrogens (primary N) is 1. The Morgan fingerprint density at radius 1 is 1.26 bits per heavy atom. The van der Waals surface area contributed by atoms with Crippen molar-refractivity contribution in [2.24, 2.45) is 5.84 Å². The van der Waals surface area contributed by atoms with Gasteiger partial charge in [-0.25, -0.2) is 0 Å². The summed E-state index contributed by atoms with van der Waals surface area (Å²) in [5.41, 5.74) is 5.61. The van der Waals surface area contributed by atoms with Crippen LogP contribution in [-0.4, -0.2) is 15.9 Å². The van der Waals surface area contributed by atoms with Gasteiger partial charge in [0.05, 0.1) is 22.6 Å². The molecular weight excluding hydrogens is 242 g/mol. The van der Waals surface area contributed by atoms with Crippen molar-refractivity contribution >= 4 is 17.3 Å². The molecule has 98 valence electrons. The number of anilines is 2. The van der Waals surface area contributed by atoms with E-state index in [-0.39, 0.29) is 5.91 Å². The third-order valence-corrected chi connectivity index (χ3v) is 2.70. The molecule has 0 atom stereocenters. The van der Waals surface area contributed by atoms with Gasteiger partial charge in [-0.2, -0.15) is 0 Å². The van der Waals surface area contributed by atoms with Crippen molar-refractivity contribution in [3.8, 4) is 0 Å². The summed E-state index contributed by atoms with van der Waals surface area (Å²) >= 11 is 0. The number of hydrazine groups is 1. The smallest absolute Gasteiger partial charge is 0.259 e. The normalized spacial score (nSPS) is 10.1.